The first kappa shape index (κ1) is 24.4. The van der Waals surface area contributed by atoms with Gasteiger partial charge in [-0.2, -0.15) is 0 Å². The van der Waals surface area contributed by atoms with Gasteiger partial charge < -0.3 is 19.9 Å². The van der Waals surface area contributed by atoms with Gasteiger partial charge in [-0.05, 0) is 39.3 Å². The fraction of sp³-hybridized carbons (Fsp3) is 0.385. The monoisotopic (exact) mass is 477 g/mol. The van der Waals surface area contributed by atoms with Crippen molar-refractivity contribution >= 4 is 11.8 Å². The van der Waals surface area contributed by atoms with E-state index in [1.807, 2.05) is 44.2 Å². The normalized spacial score (nSPS) is 16.0. The Morgan fingerprint density at radius 3 is 2.77 bits per heavy atom. The molecule has 1 atom stereocenters. The van der Waals surface area contributed by atoms with Gasteiger partial charge in [-0.15, -0.1) is 0 Å². The van der Waals surface area contributed by atoms with Gasteiger partial charge in [0.25, 0.3) is 5.91 Å². The van der Waals surface area contributed by atoms with Gasteiger partial charge in [-0.25, -0.2) is 4.98 Å². The molecule has 2 N–H and O–H groups in total. The average Bonchev–Trinajstić information content (AvgIpc) is 3.24. The molecular weight excluding hydrogens is 446 g/mol. The maximum Gasteiger partial charge on any atom is 0.253 e. The van der Waals surface area contributed by atoms with E-state index in [4.69, 9.17) is 9.26 Å². The van der Waals surface area contributed by atoms with E-state index in [0.717, 1.165) is 36.2 Å². The van der Waals surface area contributed by atoms with Crippen molar-refractivity contribution in [2.45, 2.75) is 39.3 Å². The van der Waals surface area contributed by atoms with Crippen LogP contribution in [0.3, 0.4) is 0 Å². The zero-order chi connectivity index (χ0) is 24.6. The number of ether oxygens (including phenoxy) is 1. The van der Waals surface area contributed by atoms with E-state index in [1.54, 1.807) is 12.1 Å². The summed E-state index contributed by atoms with van der Waals surface area (Å²) in [5, 5.41) is 10.0. The molecule has 1 aliphatic rings. The number of likely N-dealkylation sites (tertiary alicyclic amines) is 1. The molecule has 9 heteroatoms. The molecule has 1 saturated heterocycles. The van der Waals surface area contributed by atoms with E-state index in [2.05, 4.69) is 25.7 Å². The Hall–Kier alpha value is -3.72. The summed E-state index contributed by atoms with van der Waals surface area (Å²) in [6.45, 7) is 6.48. The minimum Gasteiger partial charge on any atom is -0.473 e. The largest absolute Gasteiger partial charge is 0.473 e. The molecule has 1 unspecified atom stereocenters. The first-order valence-electron chi connectivity index (χ1n) is 11.9. The second kappa shape index (κ2) is 11.6. The molecule has 1 aromatic carbocycles. The quantitative estimate of drug-likeness (QED) is 0.488. The predicted octanol–water partition coefficient (Wildman–Crippen LogP) is 2.95. The molecule has 0 aliphatic carbocycles. The number of hydrogen-bond donors (Lipinski definition) is 2. The van der Waals surface area contributed by atoms with Gasteiger partial charge in [0.2, 0.25) is 11.8 Å². The maximum absolute atomic E-state index is 12.7. The molecule has 1 aliphatic heterocycles. The molecule has 184 valence electrons. The predicted molar refractivity (Wildman–Crippen MR) is 131 cm³/mol. The lowest BCUT2D eigenvalue weighted by atomic mass is 10.1. The lowest BCUT2D eigenvalue weighted by molar-refractivity contribution is -0.122. The van der Waals surface area contributed by atoms with Gasteiger partial charge in [0, 0.05) is 37.0 Å². The maximum atomic E-state index is 12.7. The van der Waals surface area contributed by atoms with E-state index < -0.39 is 0 Å². The summed E-state index contributed by atoms with van der Waals surface area (Å²) < 4.78 is 11.2. The Morgan fingerprint density at radius 1 is 1.20 bits per heavy atom. The summed E-state index contributed by atoms with van der Waals surface area (Å²) in [5.74, 6) is 0.923. The molecule has 4 rings (SSSR count). The van der Waals surface area contributed by atoms with Crippen LogP contribution in [0.2, 0.25) is 0 Å². The number of carbonyl (C=O) groups is 2. The zero-order valence-corrected chi connectivity index (χ0v) is 20.1. The summed E-state index contributed by atoms with van der Waals surface area (Å²) in [7, 11) is 0. The highest BCUT2D eigenvalue weighted by Crippen LogP contribution is 2.26. The van der Waals surface area contributed by atoms with Gasteiger partial charge in [-0.1, -0.05) is 35.5 Å². The molecule has 2 amide bonds. The molecule has 1 fully saturated rings. The van der Waals surface area contributed by atoms with Crippen LogP contribution in [0.4, 0.5) is 0 Å². The second-order valence-electron chi connectivity index (χ2n) is 8.61. The van der Waals surface area contributed by atoms with Crippen molar-refractivity contribution in [3.8, 4) is 17.1 Å². The summed E-state index contributed by atoms with van der Waals surface area (Å²) in [4.78, 5) is 31.0. The summed E-state index contributed by atoms with van der Waals surface area (Å²) >= 11 is 0. The topological polar surface area (TPSA) is 110 Å². The van der Waals surface area contributed by atoms with Gasteiger partial charge in [0.15, 0.2) is 0 Å². The molecule has 2 aromatic heterocycles. The van der Waals surface area contributed by atoms with Gasteiger partial charge in [-0.3, -0.25) is 14.5 Å². The second-order valence-corrected chi connectivity index (χ2v) is 8.61. The van der Waals surface area contributed by atoms with E-state index in [9.17, 15) is 9.59 Å². The number of carbonyl (C=O) groups excluding carboxylic acids is 2. The number of pyridine rings is 1. The number of nitrogens with one attached hydrogen (secondary N) is 2. The Labute approximate surface area is 204 Å². The van der Waals surface area contributed by atoms with Gasteiger partial charge in [0.1, 0.15) is 18.1 Å². The van der Waals surface area contributed by atoms with Crippen LogP contribution in [0.25, 0.3) is 11.3 Å². The van der Waals surface area contributed by atoms with E-state index in [0.29, 0.717) is 36.8 Å². The molecular formula is C26H31N5O4. The number of benzene rings is 1. The highest BCUT2D eigenvalue weighted by Gasteiger charge is 2.23. The Bertz CT molecular complexity index is 1130. The number of aromatic nitrogens is 2. The third-order valence-corrected chi connectivity index (χ3v) is 5.98. The van der Waals surface area contributed by atoms with Crippen molar-refractivity contribution in [1.82, 2.24) is 25.7 Å². The van der Waals surface area contributed by atoms with Crippen LogP contribution in [0.5, 0.6) is 5.88 Å². The molecule has 3 aromatic rings. The summed E-state index contributed by atoms with van der Waals surface area (Å²) in [5.41, 5.74) is 3.02. The lowest BCUT2D eigenvalue weighted by Crippen LogP contribution is -2.50. The van der Waals surface area contributed by atoms with Crippen molar-refractivity contribution in [2.75, 3.05) is 26.2 Å². The molecule has 3 heterocycles. The number of aryl methyl sites for hydroxylation is 1. The Morgan fingerprint density at radius 2 is 2.03 bits per heavy atom. The number of nitrogens with zero attached hydrogens (tertiary/aromatic N) is 3. The first-order valence-corrected chi connectivity index (χ1v) is 11.9. The van der Waals surface area contributed by atoms with Crippen molar-refractivity contribution in [1.29, 1.82) is 0 Å². The SMILES string of the molecule is CCNC(=O)CN1CCCC(NC(=O)c2ccc(OCc3c(-c4ccccc4)noc3C)nc2)C1. The van der Waals surface area contributed by atoms with Crippen molar-refractivity contribution in [3.63, 3.8) is 0 Å². The van der Waals surface area contributed by atoms with Crippen molar-refractivity contribution in [3.05, 3.63) is 65.5 Å². The van der Waals surface area contributed by atoms with Crippen LogP contribution in [0.15, 0.2) is 53.2 Å². The van der Waals surface area contributed by atoms with E-state index in [-0.39, 0.29) is 24.5 Å². The molecule has 0 spiro atoms. The highest BCUT2D eigenvalue weighted by atomic mass is 16.5. The van der Waals surface area contributed by atoms with E-state index >= 15 is 0 Å². The van der Waals surface area contributed by atoms with Gasteiger partial charge in [0.05, 0.1) is 17.7 Å². The van der Waals surface area contributed by atoms with Crippen molar-refractivity contribution in [2.24, 2.45) is 0 Å². The molecule has 0 saturated carbocycles. The number of likely N-dealkylation sites (N-methyl/N-ethyl adjacent to an activating group) is 1. The third-order valence-electron chi connectivity index (χ3n) is 5.98. The molecule has 0 bridgehead atoms. The smallest absolute Gasteiger partial charge is 0.253 e. The van der Waals surface area contributed by atoms with Crippen LogP contribution >= 0.6 is 0 Å². The van der Waals surface area contributed by atoms with E-state index in [1.165, 1.54) is 6.20 Å². The summed E-state index contributed by atoms with van der Waals surface area (Å²) in [6, 6.07) is 13.2. The average molecular weight is 478 g/mol. The first-order chi connectivity index (χ1) is 17.0. The van der Waals surface area contributed by atoms with Crippen LogP contribution in [0.1, 0.15) is 41.4 Å². The summed E-state index contributed by atoms with van der Waals surface area (Å²) in [6.07, 6.45) is 3.33. The number of amides is 2. The van der Waals surface area contributed by atoms with Crippen molar-refractivity contribution < 1.29 is 18.8 Å². The molecule has 35 heavy (non-hydrogen) atoms. The Kier molecular flexibility index (Phi) is 8.10. The van der Waals surface area contributed by atoms with Crippen LogP contribution in [-0.4, -0.2) is 59.1 Å². The highest BCUT2D eigenvalue weighted by molar-refractivity contribution is 5.94. The van der Waals surface area contributed by atoms with Crippen LogP contribution in [0, 0.1) is 6.92 Å². The van der Waals surface area contributed by atoms with Crippen LogP contribution < -0.4 is 15.4 Å². The minimum atomic E-state index is -0.185. The van der Waals surface area contributed by atoms with Gasteiger partial charge >= 0.3 is 0 Å². The lowest BCUT2D eigenvalue weighted by Gasteiger charge is -2.32. The number of piperidine rings is 1. The molecule has 0 radical (unpaired) electrons. The zero-order valence-electron chi connectivity index (χ0n) is 20.1. The fourth-order valence-corrected chi connectivity index (χ4v) is 4.17. The standard InChI is InChI=1S/C26H31N5O4/c1-3-27-23(32)16-31-13-7-10-21(15-31)29-26(33)20-11-12-24(28-14-20)34-17-22-18(2)35-30-25(22)19-8-5-4-6-9-19/h4-6,8-9,11-12,14,21H,3,7,10,13,15-17H2,1-2H3,(H,27,32)(H,29,33). The third kappa shape index (κ3) is 6.45. The van der Waals surface area contributed by atoms with Crippen LogP contribution in [-0.2, 0) is 11.4 Å². The number of rotatable bonds is 9. The fourth-order valence-electron chi connectivity index (χ4n) is 4.17. The number of hydrogen-bond acceptors (Lipinski definition) is 7. The molecule has 9 nitrogen and oxygen atoms in total. The Balaban J connectivity index is 1.31. The minimum absolute atomic E-state index is 0.00502.